The molecule has 1 aliphatic heterocycles. The number of nitrogens with two attached hydrogens (primary N) is 1. The Bertz CT molecular complexity index is 334. The molecule has 1 aromatic carbocycles. The summed E-state index contributed by atoms with van der Waals surface area (Å²) in [6.45, 7) is 6.87. The van der Waals surface area contributed by atoms with Crippen molar-refractivity contribution in [3.8, 4) is 0 Å². The number of rotatable bonds is 5. The summed E-state index contributed by atoms with van der Waals surface area (Å²) in [6.07, 6.45) is 3.90. The quantitative estimate of drug-likeness (QED) is 0.865. The van der Waals surface area contributed by atoms with Gasteiger partial charge >= 0.3 is 0 Å². The number of piperidine rings is 1. The van der Waals surface area contributed by atoms with Crippen LogP contribution in [-0.4, -0.2) is 31.1 Å². The van der Waals surface area contributed by atoms with Gasteiger partial charge in [-0.1, -0.05) is 37.3 Å². The minimum Gasteiger partial charge on any atom is -0.330 e. The van der Waals surface area contributed by atoms with Crippen molar-refractivity contribution >= 4 is 0 Å². The lowest BCUT2D eigenvalue weighted by Crippen LogP contribution is -2.38. The van der Waals surface area contributed by atoms with E-state index in [9.17, 15) is 0 Å². The van der Waals surface area contributed by atoms with Crippen LogP contribution in [0.3, 0.4) is 0 Å². The van der Waals surface area contributed by atoms with Crippen LogP contribution < -0.4 is 5.73 Å². The average molecular weight is 246 g/mol. The van der Waals surface area contributed by atoms with E-state index in [0.717, 1.165) is 12.5 Å². The Morgan fingerprint density at radius 3 is 2.83 bits per heavy atom. The van der Waals surface area contributed by atoms with Gasteiger partial charge in [-0.15, -0.1) is 0 Å². The van der Waals surface area contributed by atoms with E-state index in [1.807, 2.05) is 0 Å². The third kappa shape index (κ3) is 3.82. The molecule has 0 aromatic heterocycles. The van der Waals surface area contributed by atoms with Gasteiger partial charge in [-0.3, -0.25) is 0 Å². The number of nitrogens with zero attached hydrogens (tertiary/aromatic N) is 1. The first-order valence-corrected chi connectivity index (χ1v) is 7.27. The van der Waals surface area contributed by atoms with Gasteiger partial charge in [-0.2, -0.15) is 0 Å². The van der Waals surface area contributed by atoms with Crippen molar-refractivity contribution in [3.63, 3.8) is 0 Å². The zero-order valence-electron chi connectivity index (χ0n) is 11.5. The number of hydrogen-bond acceptors (Lipinski definition) is 2. The van der Waals surface area contributed by atoms with Crippen molar-refractivity contribution in [2.24, 2.45) is 11.7 Å². The van der Waals surface area contributed by atoms with Crippen LogP contribution in [-0.2, 0) is 0 Å². The monoisotopic (exact) mass is 246 g/mol. The second-order valence-corrected chi connectivity index (χ2v) is 5.66. The maximum Gasteiger partial charge on any atom is 0.00477 e. The lowest BCUT2D eigenvalue weighted by molar-refractivity contribution is 0.163. The third-order valence-electron chi connectivity index (χ3n) is 4.08. The van der Waals surface area contributed by atoms with Crippen molar-refractivity contribution in [1.29, 1.82) is 0 Å². The fourth-order valence-corrected chi connectivity index (χ4v) is 3.06. The summed E-state index contributed by atoms with van der Waals surface area (Å²) in [6, 6.07) is 10.9. The highest BCUT2D eigenvalue weighted by molar-refractivity contribution is 5.19. The molecular weight excluding hydrogens is 220 g/mol. The lowest BCUT2D eigenvalue weighted by Gasteiger charge is -2.34. The molecule has 0 aliphatic carbocycles. The van der Waals surface area contributed by atoms with Gasteiger partial charge in [0.15, 0.2) is 0 Å². The molecule has 2 N–H and O–H groups in total. The van der Waals surface area contributed by atoms with E-state index in [-0.39, 0.29) is 0 Å². The van der Waals surface area contributed by atoms with Crippen LogP contribution in [0.5, 0.6) is 0 Å². The first kappa shape index (κ1) is 13.6. The van der Waals surface area contributed by atoms with Gasteiger partial charge in [0, 0.05) is 13.1 Å². The van der Waals surface area contributed by atoms with E-state index in [1.54, 1.807) is 0 Å². The van der Waals surface area contributed by atoms with E-state index >= 15 is 0 Å². The van der Waals surface area contributed by atoms with Crippen molar-refractivity contribution < 1.29 is 0 Å². The van der Waals surface area contributed by atoms with Gasteiger partial charge in [0.2, 0.25) is 0 Å². The standard InChI is InChI=1S/C16H26N2/c1-14(16-7-3-2-4-8-16)12-18-11-5-6-15(13-18)9-10-17/h2-4,7-8,14-15H,5-6,9-13,17H2,1H3. The molecular formula is C16H26N2. The molecule has 1 aromatic rings. The summed E-state index contributed by atoms with van der Waals surface area (Å²) in [4.78, 5) is 2.63. The third-order valence-corrected chi connectivity index (χ3v) is 4.08. The van der Waals surface area contributed by atoms with Crippen molar-refractivity contribution in [1.82, 2.24) is 4.90 Å². The number of hydrogen-bond donors (Lipinski definition) is 1. The predicted molar refractivity (Wildman–Crippen MR) is 77.7 cm³/mol. The second-order valence-electron chi connectivity index (χ2n) is 5.66. The van der Waals surface area contributed by atoms with Crippen LogP contribution in [0.2, 0.25) is 0 Å². The van der Waals surface area contributed by atoms with Crippen LogP contribution >= 0.6 is 0 Å². The average Bonchev–Trinajstić information content (AvgIpc) is 2.40. The molecule has 2 nitrogen and oxygen atoms in total. The fourth-order valence-electron chi connectivity index (χ4n) is 3.06. The summed E-state index contributed by atoms with van der Waals surface area (Å²) in [5.41, 5.74) is 7.14. The smallest absolute Gasteiger partial charge is 0.00477 e. The zero-order chi connectivity index (χ0) is 12.8. The predicted octanol–water partition coefficient (Wildman–Crippen LogP) is 2.85. The Morgan fingerprint density at radius 2 is 2.11 bits per heavy atom. The Hall–Kier alpha value is -0.860. The van der Waals surface area contributed by atoms with Crippen LogP contribution in [0.15, 0.2) is 30.3 Å². The highest BCUT2D eigenvalue weighted by Crippen LogP contribution is 2.22. The molecule has 2 rings (SSSR count). The maximum atomic E-state index is 5.68. The first-order chi connectivity index (χ1) is 8.79. The maximum absolute atomic E-state index is 5.68. The number of likely N-dealkylation sites (tertiary alicyclic amines) is 1. The molecule has 2 unspecified atom stereocenters. The molecule has 0 spiro atoms. The SMILES string of the molecule is CC(CN1CCCC(CCN)C1)c1ccccc1. The van der Waals surface area contributed by atoms with E-state index in [2.05, 4.69) is 42.2 Å². The molecule has 0 amide bonds. The topological polar surface area (TPSA) is 29.3 Å². The molecule has 1 fully saturated rings. The molecule has 0 radical (unpaired) electrons. The molecule has 18 heavy (non-hydrogen) atoms. The van der Waals surface area contributed by atoms with E-state index in [4.69, 9.17) is 5.73 Å². The fraction of sp³-hybridized carbons (Fsp3) is 0.625. The Kier molecular flexibility index (Phi) is 5.21. The molecule has 0 saturated carbocycles. The van der Waals surface area contributed by atoms with E-state index in [1.165, 1.54) is 44.5 Å². The van der Waals surface area contributed by atoms with Gasteiger partial charge in [0.05, 0.1) is 0 Å². The largest absolute Gasteiger partial charge is 0.330 e. The van der Waals surface area contributed by atoms with Crippen molar-refractivity contribution in [2.45, 2.75) is 32.1 Å². The highest BCUT2D eigenvalue weighted by Gasteiger charge is 2.20. The first-order valence-electron chi connectivity index (χ1n) is 7.27. The Morgan fingerprint density at radius 1 is 1.33 bits per heavy atom. The molecule has 2 heteroatoms. The van der Waals surface area contributed by atoms with Crippen molar-refractivity contribution in [2.75, 3.05) is 26.2 Å². The Labute approximate surface area is 111 Å². The molecule has 2 atom stereocenters. The van der Waals surface area contributed by atoms with Crippen LogP contribution in [0.25, 0.3) is 0 Å². The molecule has 0 bridgehead atoms. The van der Waals surface area contributed by atoms with Gasteiger partial charge < -0.3 is 10.6 Å². The summed E-state index contributed by atoms with van der Waals surface area (Å²) in [7, 11) is 0. The summed E-state index contributed by atoms with van der Waals surface area (Å²) in [5.74, 6) is 1.45. The van der Waals surface area contributed by atoms with E-state index in [0.29, 0.717) is 5.92 Å². The molecule has 100 valence electrons. The van der Waals surface area contributed by atoms with Gasteiger partial charge in [0.1, 0.15) is 0 Å². The molecule has 1 aliphatic rings. The molecule has 1 heterocycles. The minimum atomic E-state index is 0.628. The minimum absolute atomic E-state index is 0.628. The van der Waals surface area contributed by atoms with Gasteiger partial charge in [-0.25, -0.2) is 0 Å². The normalized spacial score (nSPS) is 22.9. The van der Waals surface area contributed by atoms with E-state index < -0.39 is 0 Å². The van der Waals surface area contributed by atoms with Crippen molar-refractivity contribution in [3.05, 3.63) is 35.9 Å². The summed E-state index contributed by atoms with van der Waals surface area (Å²) >= 11 is 0. The summed E-state index contributed by atoms with van der Waals surface area (Å²) in [5, 5.41) is 0. The lowest BCUT2D eigenvalue weighted by atomic mass is 9.93. The van der Waals surface area contributed by atoms with Gasteiger partial charge in [0.25, 0.3) is 0 Å². The van der Waals surface area contributed by atoms with Crippen LogP contribution in [0.4, 0.5) is 0 Å². The highest BCUT2D eigenvalue weighted by atomic mass is 15.1. The second kappa shape index (κ2) is 6.91. The molecule has 1 saturated heterocycles. The van der Waals surface area contributed by atoms with Gasteiger partial charge in [-0.05, 0) is 49.8 Å². The Balaban J connectivity index is 1.85. The van der Waals surface area contributed by atoms with Crippen LogP contribution in [0.1, 0.15) is 37.7 Å². The summed E-state index contributed by atoms with van der Waals surface area (Å²) < 4.78 is 0. The zero-order valence-corrected chi connectivity index (χ0v) is 11.5. The van der Waals surface area contributed by atoms with Crippen LogP contribution in [0, 0.1) is 5.92 Å². The number of benzene rings is 1.